The third-order valence-electron chi connectivity index (χ3n) is 4.83. The molecule has 1 saturated carbocycles. The molecule has 0 radical (unpaired) electrons. The summed E-state index contributed by atoms with van der Waals surface area (Å²) in [6.07, 6.45) is 4.21. The van der Waals surface area contributed by atoms with Crippen LogP contribution in [-0.4, -0.2) is 44.2 Å². The fraction of sp³-hybridized carbons (Fsp3) is 0.667. The first kappa shape index (κ1) is 14.7. The van der Waals surface area contributed by atoms with E-state index < -0.39 is 0 Å². The monoisotopic (exact) mass is 288 g/mol. The summed E-state index contributed by atoms with van der Waals surface area (Å²) in [7, 11) is 2.20. The molecular weight excluding hydrogens is 260 g/mol. The highest BCUT2D eigenvalue weighted by Crippen LogP contribution is 2.34. The van der Waals surface area contributed by atoms with Crippen LogP contribution < -0.4 is 9.64 Å². The maximum atomic E-state index is 6.26. The van der Waals surface area contributed by atoms with Gasteiger partial charge in [0.2, 0.25) is 0 Å². The van der Waals surface area contributed by atoms with Crippen LogP contribution in [0, 0.1) is 0 Å². The number of rotatable bonds is 4. The van der Waals surface area contributed by atoms with Crippen LogP contribution in [0.5, 0.6) is 5.75 Å². The number of ether oxygens (including phenoxy) is 1. The molecule has 3 rings (SSSR count). The number of hydrogen-bond donors (Lipinski definition) is 0. The Kier molecular flexibility index (Phi) is 4.39. The summed E-state index contributed by atoms with van der Waals surface area (Å²) >= 11 is 0. The Morgan fingerprint density at radius 3 is 2.38 bits per heavy atom. The first-order valence-corrected chi connectivity index (χ1v) is 8.37. The summed E-state index contributed by atoms with van der Waals surface area (Å²) in [5, 5.41) is 0. The van der Waals surface area contributed by atoms with Crippen LogP contribution in [0.25, 0.3) is 0 Å². The van der Waals surface area contributed by atoms with E-state index in [1.165, 1.54) is 30.5 Å². The third-order valence-corrected chi connectivity index (χ3v) is 4.83. The molecule has 0 atom stereocenters. The molecule has 0 N–H and O–H groups in total. The molecule has 1 heterocycles. The Morgan fingerprint density at radius 2 is 1.81 bits per heavy atom. The smallest absolute Gasteiger partial charge is 0.125 e. The minimum atomic E-state index is 0.449. The van der Waals surface area contributed by atoms with E-state index >= 15 is 0 Å². The van der Waals surface area contributed by atoms with Gasteiger partial charge in [-0.2, -0.15) is 0 Å². The maximum absolute atomic E-state index is 6.26. The molecule has 1 aliphatic carbocycles. The van der Waals surface area contributed by atoms with Gasteiger partial charge >= 0.3 is 0 Å². The number of benzene rings is 1. The van der Waals surface area contributed by atoms with Crippen LogP contribution in [0.2, 0.25) is 0 Å². The summed E-state index contributed by atoms with van der Waals surface area (Å²) in [5.74, 6) is 1.63. The van der Waals surface area contributed by atoms with Gasteiger partial charge in [-0.1, -0.05) is 19.9 Å². The Bertz CT molecular complexity index is 474. The molecule has 21 heavy (non-hydrogen) atoms. The van der Waals surface area contributed by atoms with Crippen molar-refractivity contribution in [2.45, 2.75) is 45.1 Å². The van der Waals surface area contributed by atoms with Crippen LogP contribution in [0.4, 0.5) is 5.69 Å². The van der Waals surface area contributed by atoms with Crippen molar-refractivity contribution in [1.82, 2.24) is 4.90 Å². The largest absolute Gasteiger partial charge is 0.490 e. The standard InChI is InChI=1S/C18H28N2O/c1-14(2)17-8-7-15(20-11-9-19(3)10-12-20)13-18(17)21-16-5-4-6-16/h7-8,13-14,16H,4-6,9-12H2,1-3H3. The van der Waals surface area contributed by atoms with Crippen molar-refractivity contribution in [3.8, 4) is 5.75 Å². The second kappa shape index (κ2) is 6.27. The lowest BCUT2D eigenvalue weighted by Crippen LogP contribution is -2.44. The van der Waals surface area contributed by atoms with E-state index in [0.29, 0.717) is 12.0 Å². The summed E-state index contributed by atoms with van der Waals surface area (Å²) in [4.78, 5) is 4.88. The lowest BCUT2D eigenvalue weighted by Gasteiger charge is -2.35. The fourth-order valence-corrected chi connectivity index (χ4v) is 3.03. The van der Waals surface area contributed by atoms with E-state index in [9.17, 15) is 0 Å². The maximum Gasteiger partial charge on any atom is 0.125 e. The van der Waals surface area contributed by atoms with Crippen molar-refractivity contribution >= 4 is 5.69 Å². The van der Waals surface area contributed by atoms with E-state index in [-0.39, 0.29) is 0 Å². The second-order valence-corrected chi connectivity index (χ2v) is 6.84. The van der Waals surface area contributed by atoms with E-state index in [1.54, 1.807) is 0 Å². The van der Waals surface area contributed by atoms with Gasteiger partial charge in [0.1, 0.15) is 5.75 Å². The van der Waals surface area contributed by atoms with E-state index in [1.807, 2.05) is 0 Å². The number of hydrogen-bond acceptors (Lipinski definition) is 3. The summed E-state index contributed by atoms with van der Waals surface area (Å²) < 4.78 is 6.26. The van der Waals surface area contributed by atoms with Crippen molar-refractivity contribution in [1.29, 1.82) is 0 Å². The van der Waals surface area contributed by atoms with Crippen LogP contribution in [-0.2, 0) is 0 Å². The summed E-state index contributed by atoms with van der Waals surface area (Å²) in [5.41, 5.74) is 2.67. The van der Waals surface area contributed by atoms with Crippen LogP contribution in [0.3, 0.4) is 0 Å². The lowest BCUT2D eigenvalue weighted by molar-refractivity contribution is 0.119. The van der Waals surface area contributed by atoms with E-state index in [0.717, 1.165) is 31.9 Å². The van der Waals surface area contributed by atoms with Gasteiger partial charge in [0.25, 0.3) is 0 Å². The van der Waals surface area contributed by atoms with Gasteiger partial charge < -0.3 is 14.5 Å². The number of nitrogens with zero attached hydrogens (tertiary/aromatic N) is 2. The topological polar surface area (TPSA) is 15.7 Å². The summed E-state index contributed by atoms with van der Waals surface area (Å²) in [6.45, 7) is 9.01. The minimum Gasteiger partial charge on any atom is -0.490 e. The normalized spacial score (nSPS) is 20.7. The average Bonchev–Trinajstić information content (AvgIpc) is 2.43. The molecule has 0 aromatic heterocycles. The molecule has 116 valence electrons. The van der Waals surface area contributed by atoms with Crippen molar-refractivity contribution in [3.05, 3.63) is 23.8 Å². The minimum absolute atomic E-state index is 0.449. The molecule has 0 spiro atoms. The van der Waals surface area contributed by atoms with Gasteiger partial charge in [-0.15, -0.1) is 0 Å². The Balaban J connectivity index is 1.79. The number of piperazine rings is 1. The molecule has 3 heteroatoms. The molecule has 0 unspecified atom stereocenters. The third kappa shape index (κ3) is 3.34. The lowest BCUT2D eigenvalue weighted by atomic mass is 9.95. The van der Waals surface area contributed by atoms with Crippen LogP contribution in [0.1, 0.15) is 44.6 Å². The van der Waals surface area contributed by atoms with Crippen molar-refractivity contribution in [3.63, 3.8) is 0 Å². The van der Waals surface area contributed by atoms with Gasteiger partial charge in [-0.05, 0) is 43.9 Å². The molecular formula is C18H28N2O. The fourth-order valence-electron chi connectivity index (χ4n) is 3.03. The molecule has 1 aromatic carbocycles. The van der Waals surface area contributed by atoms with Crippen LogP contribution in [0.15, 0.2) is 18.2 Å². The number of likely N-dealkylation sites (N-methyl/N-ethyl adjacent to an activating group) is 1. The van der Waals surface area contributed by atoms with Crippen molar-refractivity contribution in [2.75, 3.05) is 38.1 Å². The Morgan fingerprint density at radius 1 is 1.10 bits per heavy atom. The second-order valence-electron chi connectivity index (χ2n) is 6.84. The molecule has 0 bridgehead atoms. The highest BCUT2D eigenvalue weighted by molar-refractivity contribution is 5.55. The average molecular weight is 288 g/mol. The molecule has 2 aliphatic rings. The quantitative estimate of drug-likeness (QED) is 0.843. The van der Waals surface area contributed by atoms with E-state index in [2.05, 4.69) is 48.9 Å². The van der Waals surface area contributed by atoms with Gasteiger partial charge in [0.15, 0.2) is 0 Å². The van der Waals surface area contributed by atoms with Gasteiger partial charge in [0.05, 0.1) is 6.10 Å². The molecule has 3 nitrogen and oxygen atoms in total. The van der Waals surface area contributed by atoms with Gasteiger partial charge in [-0.3, -0.25) is 0 Å². The predicted octanol–water partition coefficient (Wildman–Crippen LogP) is 3.49. The molecule has 1 saturated heterocycles. The highest BCUT2D eigenvalue weighted by atomic mass is 16.5. The highest BCUT2D eigenvalue weighted by Gasteiger charge is 2.22. The van der Waals surface area contributed by atoms with Gasteiger partial charge in [-0.25, -0.2) is 0 Å². The SMILES string of the molecule is CC(C)c1ccc(N2CCN(C)CC2)cc1OC1CCC1. The van der Waals surface area contributed by atoms with Gasteiger partial charge in [0, 0.05) is 37.9 Å². The Labute approximate surface area is 128 Å². The predicted molar refractivity (Wildman–Crippen MR) is 88.5 cm³/mol. The first-order chi connectivity index (χ1) is 10.1. The molecule has 2 fully saturated rings. The van der Waals surface area contributed by atoms with Crippen molar-refractivity contribution < 1.29 is 4.74 Å². The van der Waals surface area contributed by atoms with Crippen LogP contribution >= 0.6 is 0 Å². The Hall–Kier alpha value is -1.22. The zero-order chi connectivity index (χ0) is 14.8. The van der Waals surface area contributed by atoms with E-state index in [4.69, 9.17) is 4.74 Å². The molecule has 1 aliphatic heterocycles. The summed E-state index contributed by atoms with van der Waals surface area (Å²) in [6, 6.07) is 6.82. The molecule has 1 aromatic rings. The number of anilines is 1. The van der Waals surface area contributed by atoms with Crippen molar-refractivity contribution in [2.24, 2.45) is 0 Å². The zero-order valence-corrected chi connectivity index (χ0v) is 13.6. The molecule has 0 amide bonds. The first-order valence-electron chi connectivity index (χ1n) is 8.37. The zero-order valence-electron chi connectivity index (χ0n) is 13.6.